The van der Waals surface area contributed by atoms with Crippen LogP contribution < -0.4 is 9.64 Å². The number of hydrogen-bond acceptors (Lipinski definition) is 4. The Kier molecular flexibility index (Phi) is 5.44. The molecule has 1 rings (SSSR count). The Balaban J connectivity index is 3.07. The summed E-state index contributed by atoms with van der Waals surface area (Å²) in [7, 11) is 5.29. The topological polar surface area (TPSA) is 41.9 Å². The second kappa shape index (κ2) is 6.61. The zero-order chi connectivity index (χ0) is 13.7. The Bertz CT molecular complexity index is 379. The van der Waals surface area contributed by atoms with Crippen LogP contribution >= 0.6 is 0 Å². The molecule has 0 amide bonds. The van der Waals surface area contributed by atoms with Crippen LogP contribution in [-0.2, 0) is 4.74 Å². The molecule has 0 aromatic heterocycles. The summed E-state index contributed by atoms with van der Waals surface area (Å²) in [4.78, 5) is 2.07. The van der Waals surface area contributed by atoms with E-state index in [0.29, 0.717) is 5.75 Å². The van der Waals surface area contributed by atoms with Crippen molar-refractivity contribution in [2.24, 2.45) is 0 Å². The fraction of sp³-hybridized carbons (Fsp3) is 0.571. The number of ether oxygens (including phenoxy) is 2. The van der Waals surface area contributed by atoms with Gasteiger partial charge in [0.25, 0.3) is 0 Å². The van der Waals surface area contributed by atoms with Crippen LogP contribution in [0.1, 0.15) is 25.5 Å². The lowest BCUT2D eigenvalue weighted by Gasteiger charge is -2.27. The van der Waals surface area contributed by atoms with Crippen LogP contribution in [0.5, 0.6) is 5.75 Å². The van der Waals surface area contributed by atoms with Crippen molar-refractivity contribution in [3.05, 3.63) is 23.8 Å². The molecule has 4 heteroatoms. The van der Waals surface area contributed by atoms with Crippen molar-refractivity contribution >= 4 is 5.69 Å². The fourth-order valence-electron chi connectivity index (χ4n) is 2.02. The number of hydrogen-bond donors (Lipinski definition) is 1. The first-order chi connectivity index (χ1) is 8.51. The van der Waals surface area contributed by atoms with Gasteiger partial charge in [0.2, 0.25) is 0 Å². The maximum absolute atomic E-state index is 9.92. The first kappa shape index (κ1) is 14.8. The zero-order valence-corrected chi connectivity index (χ0v) is 11.8. The Hall–Kier alpha value is -1.26. The Morgan fingerprint density at radius 1 is 1.28 bits per heavy atom. The number of aliphatic hydroxyl groups excluding tert-OH is 1. The summed E-state index contributed by atoms with van der Waals surface area (Å²) in [6, 6.07) is 5.76. The monoisotopic (exact) mass is 253 g/mol. The van der Waals surface area contributed by atoms with Crippen LogP contribution in [0.2, 0.25) is 0 Å². The Morgan fingerprint density at radius 3 is 2.44 bits per heavy atom. The van der Waals surface area contributed by atoms with Crippen LogP contribution in [0.4, 0.5) is 5.69 Å². The Labute approximate surface area is 109 Å². The molecule has 0 aliphatic carbocycles. The van der Waals surface area contributed by atoms with Crippen molar-refractivity contribution in [1.29, 1.82) is 0 Å². The predicted octanol–water partition coefficient (Wildman–Crippen LogP) is 2.22. The van der Waals surface area contributed by atoms with Gasteiger partial charge in [-0.1, -0.05) is 6.07 Å². The summed E-state index contributed by atoms with van der Waals surface area (Å²) in [5, 5.41) is 9.92. The van der Waals surface area contributed by atoms with Gasteiger partial charge in [-0.25, -0.2) is 0 Å². The van der Waals surface area contributed by atoms with Crippen molar-refractivity contribution in [2.45, 2.75) is 26.1 Å². The maximum Gasteiger partial charge on any atom is 0.126 e. The average Bonchev–Trinajstić information content (AvgIpc) is 2.37. The molecule has 0 bridgehead atoms. The molecule has 18 heavy (non-hydrogen) atoms. The summed E-state index contributed by atoms with van der Waals surface area (Å²) >= 11 is 0. The molecule has 0 spiro atoms. The summed E-state index contributed by atoms with van der Waals surface area (Å²) in [6.45, 7) is 4.51. The highest BCUT2D eigenvalue weighted by molar-refractivity contribution is 5.60. The molecule has 0 radical (unpaired) electrons. The van der Waals surface area contributed by atoms with Crippen molar-refractivity contribution in [3.8, 4) is 5.75 Å². The van der Waals surface area contributed by atoms with Gasteiger partial charge >= 0.3 is 0 Å². The van der Waals surface area contributed by atoms with Gasteiger partial charge in [0.15, 0.2) is 0 Å². The van der Waals surface area contributed by atoms with Gasteiger partial charge in [-0.15, -0.1) is 0 Å². The minimum Gasteiger partial charge on any atom is -0.496 e. The third-order valence-corrected chi connectivity index (χ3v) is 3.03. The largest absolute Gasteiger partial charge is 0.496 e. The van der Waals surface area contributed by atoms with Crippen molar-refractivity contribution in [1.82, 2.24) is 0 Å². The van der Waals surface area contributed by atoms with Crippen LogP contribution in [0.25, 0.3) is 0 Å². The van der Waals surface area contributed by atoms with E-state index >= 15 is 0 Å². The van der Waals surface area contributed by atoms with E-state index < -0.39 is 6.10 Å². The van der Waals surface area contributed by atoms with Gasteiger partial charge in [0, 0.05) is 32.0 Å². The van der Waals surface area contributed by atoms with Gasteiger partial charge in [-0.3, -0.25) is 0 Å². The molecule has 102 valence electrons. The second-order valence-electron chi connectivity index (χ2n) is 4.50. The molecule has 1 N–H and O–H groups in total. The molecule has 0 aliphatic heterocycles. The van der Waals surface area contributed by atoms with Crippen molar-refractivity contribution in [2.75, 3.05) is 32.7 Å². The number of benzene rings is 1. The highest BCUT2D eigenvalue weighted by Gasteiger charge is 2.17. The summed E-state index contributed by atoms with van der Waals surface area (Å²) in [5.74, 6) is 0.708. The van der Waals surface area contributed by atoms with Crippen molar-refractivity contribution < 1.29 is 14.6 Å². The standard InChI is InChI=1S/C14H23NO3/c1-10(17-4)9-15(3)12-7-6-8-13(18-5)14(12)11(2)16/h6-8,10-11,16H,9H2,1-5H3/t10?,11-/m0/s1. The molecule has 1 aromatic carbocycles. The van der Waals surface area contributed by atoms with Gasteiger partial charge in [0.1, 0.15) is 5.75 Å². The van der Waals surface area contributed by atoms with Gasteiger partial charge < -0.3 is 19.5 Å². The highest BCUT2D eigenvalue weighted by Crippen LogP contribution is 2.34. The molecule has 1 aromatic rings. The molecule has 0 fully saturated rings. The smallest absolute Gasteiger partial charge is 0.126 e. The Morgan fingerprint density at radius 2 is 1.94 bits per heavy atom. The van der Waals surface area contributed by atoms with Crippen molar-refractivity contribution in [3.63, 3.8) is 0 Å². The SMILES string of the molecule is COc1cccc(N(C)CC(C)OC)c1[C@H](C)O. The number of nitrogens with zero attached hydrogens (tertiary/aromatic N) is 1. The lowest BCUT2D eigenvalue weighted by molar-refractivity contribution is 0.124. The predicted molar refractivity (Wildman–Crippen MR) is 73.4 cm³/mol. The molecule has 0 saturated carbocycles. The number of aliphatic hydroxyl groups is 1. The van der Waals surface area contributed by atoms with Crippen LogP contribution in [0, 0.1) is 0 Å². The highest BCUT2D eigenvalue weighted by atomic mass is 16.5. The maximum atomic E-state index is 9.92. The molecule has 0 saturated heterocycles. The third-order valence-electron chi connectivity index (χ3n) is 3.03. The van der Waals surface area contributed by atoms with Gasteiger partial charge in [-0.05, 0) is 26.0 Å². The first-order valence-corrected chi connectivity index (χ1v) is 6.10. The van der Waals surface area contributed by atoms with E-state index in [-0.39, 0.29) is 6.10 Å². The normalized spacial score (nSPS) is 14.1. The van der Waals surface area contributed by atoms with E-state index in [1.807, 2.05) is 32.2 Å². The van der Waals surface area contributed by atoms with Gasteiger partial charge in [-0.2, -0.15) is 0 Å². The zero-order valence-electron chi connectivity index (χ0n) is 11.8. The lowest BCUT2D eigenvalue weighted by atomic mass is 10.1. The summed E-state index contributed by atoms with van der Waals surface area (Å²) < 4.78 is 10.6. The lowest BCUT2D eigenvalue weighted by Crippen LogP contribution is -2.29. The second-order valence-corrected chi connectivity index (χ2v) is 4.50. The van der Waals surface area contributed by atoms with Crippen LogP contribution in [0.15, 0.2) is 18.2 Å². The molecule has 0 heterocycles. The average molecular weight is 253 g/mol. The molecule has 0 aliphatic rings. The third kappa shape index (κ3) is 3.37. The molecule has 2 atom stereocenters. The van der Waals surface area contributed by atoms with Crippen LogP contribution in [-0.4, -0.2) is 39.0 Å². The number of anilines is 1. The fourth-order valence-corrected chi connectivity index (χ4v) is 2.02. The van der Waals surface area contributed by atoms with E-state index in [4.69, 9.17) is 9.47 Å². The van der Waals surface area contributed by atoms with Crippen LogP contribution in [0.3, 0.4) is 0 Å². The molecular weight excluding hydrogens is 230 g/mol. The number of methoxy groups -OCH3 is 2. The van der Waals surface area contributed by atoms with E-state index in [9.17, 15) is 5.11 Å². The van der Waals surface area contributed by atoms with E-state index in [2.05, 4.69) is 4.90 Å². The van der Waals surface area contributed by atoms with E-state index in [0.717, 1.165) is 17.8 Å². The first-order valence-electron chi connectivity index (χ1n) is 6.10. The minimum absolute atomic E-state index is 0.128. The van der Waals surface area contributed by atoms with E-state index in [1.165, 1.54) is 0 Å². The molecule has 1 unspecified atom stereocenters. The van der Waals surface area contributed by atoms with E-state index in [1.54, 1.807) is 21.1 Å². The quantitative estimate of drug-likeness (QED) is 0.844. The number of rotatable bonds is 6. The molecular formula is C14H23NO3. The summed E-state index contributed by atoms with van der Waals surface area (Å²) in [6.07, 6.45) is -0.445. The molecule has 4 nitrogen and oxygen atoms in total. The van der Waals surface area contributed by atoms with Gasteiger partial charge in [0.05, 0.1) is 19.3 Å². The summed E-state index contributed by atoms with van der Waals surface area (Å²) in [5.41, 5.74) is 1.78. The number of likely N-dealkylation sites (N-methyl/N-ethyl adjacent to an activating group) is 1. The minimum atomic E-state index is -0.573.